The Morgan fingerprint density at radius 1 is 1.16 bits per heavy atom. The van der Waals surface area contributed by atoms with Crippen molar-refractivity contribution in [1.29, 1.82) is 0 Å². The molecular weight excluding hydrogens is 236 g/mol. The molecular formula is C16H30N2O. The van der Waals surface area contributed by atoms with Gasteiger partial charge in [-0.15, -0.1) is 0 Å². The molecule has 19 heavy (non-hydrogen) atoms. The Labute approximate surface area is 118 Å². The van der Waals surface area contributed by atoms with Crippen LogP contribution in [0.3, 0.4) is 0 Å². The molecule has 1 saturated carbocycles. The van der Waals surface area contributed by atoms with Crippen molar-refractivity contribution in [1.82, 2.24) is 10.2 Å². The van der Waals surface area contributed by atoms with Crippen molar-refractivity contribution in [3.05, 3.63) is 12.3 Å². The highest BCUT2D eigenvalue weighted by Gasteiger charge is 2.12. The van der Waals surface area contributed by atoms with Crippen molar-refractivity contribution < 1.29 is 4.79 Å². The monoisotopic (exact) mass is 266 g/mol. The van der Waals surface area contributed by atoms with Gasteiger partial charge in [0.05, 0.1) is 0 Å². The normalized spacial score (nSPS) is 16.7. The van der Waals surface area contributed by atoms with Crippen LogP contribution in [0.2, 0.25) is 0 Å². The Bertz CT molecular complexity index is 270. The minimum Gasteiger partial charge on any atom is -0.325 e. The zero-order valence-electron chi connectivity index (χ0n) is 12.7. The van der Waals surface area contributed by atoms with E-state index in [4.69, 9.17) is 0 Å². The lowest BCUT2D eigenvalue weighted by molar-refractivity contribution is 0.200. The molecule has 0 bridgehead atoms. The highest BCUT2D eigenvalue weighted by atomic mass is 16.2. The van der Waals surface area contributed by atoms with Crippen LogP contribution in [0.1, 0.15) is 65.2 Å². The van der Waals surface area contributed by atoms with Crippen molar-refractivity contribution in [2.75, 3.05) is 13.1 Å². The lowest BCUT2D eigenvalue weighted by Crippen LogP contribution is -2.38. The summed E-state index contributed by atoms with van der Waals surface area (Å²) >= 11 is 0. The van der Waals surface area contributed by atoms with Crippen LogP contribution in [-0.4, -0.2) is 24.0 Å². The Balaban J connectivity index is 2.31. The van der Waals surface area contributed by atoms with E-state index in [-0.39, 0.29) is 6.03 Å². The molecule has 1 N–H and O–H groups in total. The predicted molar refractivity (Wildman–Crippen MR) is 81.0 cm³/mol. The van der Waals surface area contributed by atoms with Gasteiger partial charge in [-0.05, 0) is 31.6 Å². The molecule has 0 atom stereocenters. The second-order valence-corrected chi connectivity index (χ2v) is 5.55. The van der Waals surface area contributed by atoms with Crippen LogP contribution >= 0.6 is 0 Å². The molecule has 1 aliphatic carbocycles. The number of urea groups is 1. The summed E-state index contributed by atoms with van der Waals surface area (Å²) < 4.78 is 0. The fraction of sp³-hybridized carbons (Fsp3) is 0.812. The topological polar surface area (TPSA) is 32.3 Å². The van der Waals surface area contributed by atoms with Crippen molar-refractivity contribution >= 4 is 6.03 Å². The first-order valence-corrected chi connectivity index (χ1v) is 8.00. The number of carbonyl (C=O) groups is 1. The molecule has 0 aliphatic heterocycles. The minimum absolute atomic E-state index is 0.0577. The van der Waals surface area contributed by atoms with Gasteiger partial charge in [-0.3, -0.25) is 0 Å². The highest BCUT2D eigenvalue weighted by Crippen LogP contribution is 2.24. The molecule has 1 aliphatic rings. The molecule has 0 saturated heterocycles. The highest BCUT2D eigenvalue weighted by molar-refractivity contribution is 5.75. The van der Waals surface area contributed by atoms with Crippen LogP contribution in [0, 0.1) is 5.92 Å². The SMILES string of the molecule is CCCCN(CCC)C(=O)N/C=C/C1CCCCC1. The number of nitrogens with zero attached hydrogens (tertiary/aromatic N) is 1. The Kier molecular flexibility index (Phi) is 8.35. The quantitative estimate of drug-likeness (QED) is 0.732. The van der Waals surface area contributed by atoms with E-state index in [9.17, 15) is 4.79 Å². The molecule has 0 spiro atoms. The second kappa shape index (κ2) is 9.88. The molecule has 1 fully saturated rings. The molecule has 0 heterocycles. The summed E-state index contributed by atoms with van der Waals surface area (Å²) in [7, 11) is 0. The molecule has 110 valence electrons. The van der Waals surface area contributed by atoms with E-state index < -0.39 is 0 Å². The molecule has 0 aromatic heterocycles. The summed E-state index contributed by atoms with van der Waals surface area (Å²) in [6.07, 6.45) is 13.9. The predicted octanol–water partition coefficient (Wildman–Crippen LogP) is 4.30. The van der Waals surface area contributed by atoms with Gasteiger partial charge < -0.3 is 10.2 Å². The van der Waals surface area contributed by atoms with Gasteiger partial charge in [-0.1, -0.05) is 45.6 Å². The van der Waals surface area contributed by atoms with Crippen LogP contribution < -0.4 is 5.32 Å². The van der Waals surface area contributed by atoms with Crippen LogP contribution in [-0.2, 0) is 0 Å². The van der Waals surface area contributed by atoms with Crippen LogP contribution in [0.25, 0.3) is 0 Å². The first-order chi connectivity index (χ1) is 9.27. The molecule has 3 nitrogen and oxygen atoms in total. The van der Waals surface area contributed by atoms with E-state index in [2.05, 4.69) is 25.2 Å². The zero-order chi connectivity index (χ0) is 13.9. The number of allylic oxidation sites excluding steroid dienone is 1. The summed E-state index contributed by atoms with van der Waals surface area (Å²) in [6, 6.07) is 0.0577. The average Bonchev–Trinajstić information content (AvgIpc) is 2.44. The number of unbranched alkanes of at least 4 members (excludes halogenated alkanes) is 1. The molecule has 0 unspecified atom stereocenters. The van der Waals surface area contributed by atoms with Gasteiger partial charge in [0.1, 0.15) is 0 Å². The number of carbonyl (C=O) groups excluding carboxylic acids is 1. The summed E-state index contributed by atoms with van der Waals surface area (Å²) in [4.78, 5) is 14.0. The van der Waals surface area contributed by atoms with E-state index in [1.165, 1.54) is 32.1 Å². The number of amides is 2. The summed E-state index contributed by atoms with van der Waals surface area (Å²) in [5.41, 5.74) is 0. The van der Waals surface area contributed by atoms with E-state index in [0.29, 0.717) is 5.92 Å². The number of nitrogens with one attached hydrogen (secondary N) is 1. The molecule has 1 rings (SSSR count). The van der Waals surface area contributed by atoms with Gasteiger partial charge in [0.15, 0.2) is 0 Å². The number of rotatable bonds is 7. The molecule has 3 heteroatoms. The molecule has 0 aromatic carbocycles. The Morgan fingerprint density at radius 2 is 1.89 bits per heavy atom. The zero-order valence-corrected chi connectivity index (χ0v) is 12.7. The Hall–Kier alpha value is -0.990. The van der Waals surface area contributed by atoms with Crippen molar-refractivity contribution in [3.63, 3.8) is 0 Å². The Morgan fingerprint density at radius 3 is 2.53 bits per heavy atom. The standard InChI is InChI=1S/C16H30N2O/c1-3-5-14-18(13-4-2)16(19)17-12-11-15-9-7-6-8-10-15/h11-12,15H,3-10,13-14H2,1-2H3,(H,17,19)/b12-11+. The maximum atomic E-state index is 12.0. The van der Waals surface area contributed by atoms with Crippen molar-refractivity contribution in [3.8, 4) is 0 Å². The minimum atomic E-state index is 0.0577. The maximum Gasteiger partial charge on any atom is 0.321 e. The third-order valence-corrected chi connectivity index (χ3v) is 3.79. The van der Waals surface area contributed by atoms with Gasteiger partial charge in [0, 0.05) is 19.3 Å². The van der Waals surface area contributed by atoms with Crippen molar-refractivity contribution in [2.45, 2.75) is 65.2 Å². The van der Waals surface area contributed by atoms with E-state index in [0.717, 1.165) is 32.4 Å². The largest absolute Gasteiger partial charge is 0.325 e. The van der Waals surface area contributed by atoms with E-state index in [1.807, 2.05) is 11.1 Å². The first kappa shape index (κ1) is 16.1. The molecule has 2 amide bonds. The average molecular weight is 266 g/mol. The third-order valence-electron chi connectivity index (χ3n) is 3.79. The third kappa shape index (κ3) is 6.65. The van der Waals surface area contributed by atoms with Gasteiger partial charge in [-0.25, -0.2) is 4.79 Å². The lowest BCUT2D eigenvalue weighted by Gasteiger charge is -2.22. The first-order valence-electron chi connectivity index (χ1n) is 8.00. The number of hydrogen-bond donors (Lipinski definition) is 1. The maximum absolute atomic E-state index is 12.0. The summed E-state index contributed by atoms with van der Waals surface area (Å²) in [5, 5.41) is 2.93. The number of hydrogen-bond acceptors (Lipinski definition) is 1. The fourth-order valence-corrected chi connectivity index (χ4v) is 2.61. The van der Waals surface area contributed by atoms with E-state index >= 15 is 0 Å². The van der Waals surface area contributed by atoms with Gasteiger partial charge in [-0.2, -0.15) is 0 Å². The van der Waals surface area contributed by atoms with Gasteiger partial charge >= 0.3 is 6.03 Å². The molecule has 0 radical (unpaired) electrons. The summed E-state index contributed by atoms with van der Waals surface area (Å²) in [5.74, 6) is 0.671. The van der Waals surface area contributed by atoms with Crippen LogP contribution in [0.5, 0.6) is 0 Å². The van der Waals surface area contributed by atoms with Crippen molar-refractivity contribution in [2.24, 2.45) is 5.92 Å². The fourth-order valence-electron chi connectivity index (χ4n) is 2.61. The van der Waals surface area contributed by atoms with Gasteiger partial charge in [0.25, 0.3) is 0 Å². The van der Waals surface area contributed by atoms with Gasteiger partial charge in [0.2, 0.25) is 0 Å². The lowest BCUT2D eigenvalue weighted by atomic mass is 9.89. The van der Waals surface area contributed by atoms with Crippen LogP contribution in [0.4, 0.5) is 4.79 Å². The second-order valence-electron chi connectivity index (χ2n) is 5.55. The van der Waals surface area contributed by atoms with Crippen LogP contribution in [0.15, 0.2) is 12.3 Å². The van der Waals surface area contributed by atoms with E-state index in [1.54, 1.807) is 0 Å². The molecule has 0 aromatic rings. The smallest absolute Gasteiger partial charge is 0.321 e. The summed E-state index contributed by atoms with van der Waals surface area (Å²) in [6.45, 7) is 5.99.